The highest BCUT2D eigenvalue weighted by molar-refractivity contribution is 5.05. The predicted molar refractivity (Wildman–Crippen MR) is 74.0 cm³/mol. The zero-order valence-corrected chi connectivity index (χ0v) is 11.1. The van der Waals surface area contributed by atoms with Crippen LogP contribution in [0.15, 0.2) is 11.6 Å². The van der Waals surface area contributed by atoms with Crippen molar-refractivity contribution in [1.82, 2.24) is 5.32 Å². The molecule has 0 radical (unpaired) electrons. The summed E-state index contributed by atoms with van der Waals surface area (Å²) in [6.07, 6.45) is 14.6. The van der Waals surface area contributed by atoms with Gasteiger partial charge in [0.25, 0.3) is 0 Å². The van der Waals surface area contributed by atoms with E-state index in [1.54, 1.807) is 5.57 Å². The lowest BCUT2D eigenvalue weighted by atomic mass is 9.84. The molecule has 2 nitrogen and oxygen atoms in total. The molecule has 2 atom stereocenters. The third kappa shape index (κ3) is 4.11. The van der Waals surface area contributed by atoms with Crippen molar-refractivity contribution in [2.75, 3.05) is 13.1 Å². The van der Waals surface area contributed by atoms with E-state index >= 15 is 0 Å². The molecule has 2 aliphatic rings. The zero-order chi connectivity index (χ0) is 11.9. The second-order valence-corrected chi connectivity index (χ2v) is 5.70. The van der Waals surface area contributed by atoms with Gasteiger partial charge in [-0.3, -0.25) is 0 Å². The lowest BCUT2D eigenvalue weighted by Gasteiger charge is -2.31. The van der Waals surface area contributed by atoms with Crippen LogP contribution in [0.4, 0.5) is 0 Å². The Hall–Kier alpha value is -0.340. The van der Waals surface area contributed by atoms with E-state index in [2.05, 4.69) is 11.4 Å². The second-order valence-electron chi connectivity index (χ2n) is 5.70. The van der Waals surface area contributed by atoms with Gasteiger partial charge < -0.3 is 11.1 Å². The molecule has 0 bridgehead atoms. The third-order valence-electron chi connectivity index (χ3n) is 4.45. The average Bonchev–Trinajstić information content (AvgIpc) is 2.40. The van der Waals surface area contributed by atoms with Gasteiger partial charge in [0.1, 0.15) is 0 Å². The molecule has 0 aromatic rings. The van der Waals surface area contributed by atoms with Crippen molar-refractivity contribution >= 4 is 0 Å². The van der Waals surface area contributed by atoms with Crippen LogP contribution in [0, 0.1) is 5.92 Å². The van der Waals surface area contributed by atoms with Crippen molar-refractivity contribution < 1.29 is 0 Å². The molecule has 0 amide bonds. The highest BCUT2D eigenvalue weighted by Gasteiger charge is 2.22. The van der Waals surface area contributed by atoms with Gasteiger partial charge in [-0.15, -0.1) is 0 Å². The van der Waals surface area contributed by atoms with Gasteiger partial charge in [-0.25, -0.2) is 0 Å². The maximum Gasteiger partial charge on any atom is 0.0107 e. The van der Waals surface area contributed by atoms with Crippen LogP contribution in [0.1, 0.15) is 57.8 Å². The van der Waals surface area contributed by atoms with Crippen LogP contribution in [0.2, 0.25) is 0 Å². The van der Waals surface area contributed by atoms with Crippen LogP contribution >= 0.6 is 0 Å². The van der Waals surface area contributed by atoms with Crippen LogP contribution in [0.5, 0.6) is 0 Å². The standard InChI is InChI=1S/C15H28N2/c16-12-14-8-4-5-9-15(14)17-11-10-13-6-2-1-3-7-13/h6,14-15,17H,1-5,7-12,16H2. The highest BCUT2D eigenvalue weighted by Crippen LogP contribution is 2.24. The molecule has 0 heterocycles. The molecule has 17 heavy (non-hydrogen) atoms. The van der Waals surface area contributed by atoms with Gasteiger partial charge in [0.05, 0.1) is 0 Å². The van der Waals surface area contributed by atoms with Crippen molar-refractivity contribution in [3.8, 4) is 0 Å². The van der Waals surface area contributed by atoms with E-state index in [1.807, 2.05) is 0 Å². The van der Waals surface area contributed by atoms with Crippen molar-refractivity contribution in [2.45, 2.75) is 63.8 Å². The normalized spacial score (nSPS) is 30.1. The molecule has 98 valence electrons. The largest absolute Gasteiger partial charge is 0.330 e. The molecule has 0 aromatic carbocycles. The molecule has 0 spiro atoms. The molecule has 1 fully saturated rings. The molecular weight excluding hydrogens is 208 g/mol. The fraction of sp³-hybridized carbons (Fsp3) is 0.867. The number of hydrogen-bond donors (Lipinski definition) is 2. The summed E-state index contributed by atoms with van der Waals surface area (Å²) in [5.41, 5.74) is 7.54. The van der Waals surface area contributed by atoms with E-state index in [0.717, 1.165) is 19.0 Å². The molecule has 2 heteroatoms. The number of rotatable bonds is 5. The Balaban J connectivity index is 1.67. The lowest BCUT2D eigenvalue weighted by Crippen LogP contribution is -2.42. The minimum Gasteiger partial charge on any atom is -0.330 e. The molecule has 2 unspecified atom stereocenters. The summed E-state index contributed by atoms with van der Waals surface area (Å²) in [6, 6.07) is 0.693. The third-order valence-corrected chi connectivity index (χ3v) is 4.45. The van der Waals surface area contributed by atoms with E-state index in [1.165, 1.54) is 57.8 Å². The van der Waals surface area contributed by atoms with Crippen molar-refractivity contribution in [2.24, 2.45) is 11.7 Å². The van der Waals surface area contributed by atoms with Gasteiger partial charge in [0.15, 0.2) is 0 Å². The van der Waals surface area contributed by atoms with Crippen molar-refractivity contribution in [3.05, 3.63) is 11.6 Å². The van der Waals surface area contributed by atoms with Crippen molar-refractivity contribution in [1.29, 1.82) is 0 Å². The molecule has 0 aliphatic heterocycles. The summed E-state index contributed by atoms with van der Waals surface area (Å²) in [5, 5.41) is 3.75. The van der Waals surface area contributed by atoms with Crippen LogP contribution in [0.25, 0.3) is 0 Å². The monoisotopic (exact) mass is 236 g/mol. The Morgan fingerprint density at radius 1 is 1.18 bits per heavy atom. The molecular formula is C15H28N2. The van der Waals surface area contributed by atoms with E-state index in [4.69, 9.17) is 5.73 Å². The fourth-order valence-corrected chi connectivity index (χ4v) is 3.31. The van der Waals surface area contributed by atoms with Gasteiger partial charge >= 0.3 is 0 Å². The van der Waals surface area contributed by atoms with E-state index in [-0.39, 0.29) is 0 Å². The fourth-order valence-electron chi connectivity index (χ4n) is 3.31. The topological polar surface area (TPSA) is 38.0 Å². The number of nitrogens with two attached hydrogens (primary N) is 1. The molecule has 0 aromatic heterocycles. The molecule has 1 saturated carbocycles. The van der Waals surface area contributed by atoms with Crippen LogP contribution < -0.4 is 11.1 Å². The molecule has 2 aliphatic carbocycles. The Kier molecular flexibility index (Phi) is 5.53. The Morgan fingerprint density at radius 3 is 2.82 bits per heavy atom. The maximum atomic E-state index is 5.86. The number of nitrogens with one attached hydrogen (secondary N) is 1. The molecule has 3 N–H and O–H groups in total. The second kappa shape index (κ2) is 7.17. The summed E-state index contributed by atoms with van der Waals surface area (Å²) in [4.78, 5) is 0. The first-order chi connectivity index (χ1) is 8.40. The number of allylic oxidation sites excluding steroid dienone is 1. The van der Waals surface area contributed by atoms with Crippen LogP contribution in [-0.4, -0.2) is 19.1 Å². The first-order valence-electron chi connectivity index (χ1n) is 7.51. The van der Waals surface area contributed by atoms with Crippen LogP contribution in [-0.2, 0) is 0 Å². The Bertz CT molecular complexity index is 247. The first-order valence-corrected chi connectivity index (χ1v) is 7.51. The summed E-state index contributed by atoms with van der Waals surface area (Å²) >= 11 is 0. The zero-order valence-electron chi connectivity index (χ0n) is 11.1. The lowest BCUT2D eigenvalue weighted by molar-refractivity contribution is 0.269. The average molecular weight is 236 g/mol. The minimum atomic E-state index is 0.693. The van der Waals surface area contributed by atoms with Gasteiger partial charge in [-0.1, -0.05) is 24.5 Å². The van der Waals surface area contributed by atoms with Gasteiger partial charge in [0.2, 0.25) is 0 Å². The van der Waals surface area contributed by atoms with Crippen LogP contribution in [0.3, 0.4) is 0 Å². The molecule has 2 rings (SSSR count). The maximum absolute atomic E-state index is 5.86. The van der Waals surface area contributed by atoms with Gasteiger partial charge in [-0.05, 0) is 64.0 Å². The summed E-state index contributed by atoms with van der Waals surface area (Å²) in [7, 11) is 0. The van der Waals surface area contributed by atoms with Gasteiger partial charge in [-0.2, -0.15) is 0 Å². The van der Waals surface area contributed by atoms with E-state index in [9.17, 15) is 0 Å². The SMILES string of the molecule is NCC1CCCCC1NCCC1=CCCCC1. The summed E-state index contributed by atoms with van der Waals surface area (Å²) in [6.45, 7) is 2.02. The summed E-state index contributed by atoms with van der Waals surface area (Å²) < 4.78 is 0. The smallest absolute Gasteiger partial charge is 0.0107 e. The van der Waals surface area contributed by atoms with Gasteiger partial charge in [0, 0.05) is 6.04 Å². The number of hydrogen-bond acceptors (Lipinski definition) is 2. The first kappa shape index (κ1) is 13.1. The molecule has 0 saturated heterocycles. The minimum absolute atomic E-state index is 0.693. The predicted octanol–water partition coefficient (Wildman–Crippen LogP) is 2.98. The van der Waals surface area contributed by atoms with E-state index < -0.39 is 0 Å². The quantitative estimate of drug-likeness (QED) is 0.720. The van der Waals surface area contributed by atoms with E-state index in [0.29, 0.717) is 6.04 Å². The highest BCUT2D eigenvalue weighted by atomic mass is 14.9. The Morgan fingerprint density at radius 2 is 2.06 bits per heavy atom. The summed E-state index contributed by atoms with van der Waals surface area (Å²) in [5.74, 6) is 0.726. The van der Waals surface area contributed by atoms with Crippen molar-refractivity contribution in [3.63, 3.8) is 0 Å². The Labute approximate surface area is 106 Å².